The molecule has 19 rings (SSSR count). The first kappa shape index (κ1) is 49.8. The summed E-state index contributed by atoms with van der Waals surface area (Å²) in [4.78, 5) is 2.56. The second-order valence-corrected chi connectivity index (χ2v) is 25.8. The molecule has 7 aliphatic rings. The molecule has 0 aliphatic heterocycles. The van der Waals surface area contributed by atoms with E-state index in [-0.39, 0.29) is 5.41 Å². The van der Waals surface area contributed by atoms with Gasteiger partial charge in [-0.3, -0.25) is 0 Å². The molecule has 0 radical (unpaired) electrons. The van der Waals surface area contributed by atoms with Gasteiger partial charge in [-0.05, 0) is 228 Å². The Hall–Kier alpha value is -9.56. The van der Waals surface area contributed by atoms with Gasteiger partial charge in [0.05, 0.1) is 11.1 Å². The molecule has 2 spiro atoms. The summed E-state index contributed by atoms with van der Waals surface area (Å²) in [5.41, 5.74) is 32.3. The van der Waals surface area contributed by atoms with Gasteiger partial charge in [-0.2, -0.15) is 0 Å². The molecule has 1 nitrogen and oxygen atoms in total. The van der Waals surface area contributed by atoms with Crippen LogP contribution in [0.15, 0.2) is 285 Å². The maximum Gasteiger partial charge on any atom is 0.0719 e. The fourth-order valence-corrected chi connectivity index (χ4v) is 18.5. The van der Waals surface area contributed by atoms with Gasteiger partial charge in [0, 0.05) is 22.4 Å². The molecular weight excluding hydrogens is 1030 g/mol. The maximum atomic E-state index is 2.56. The number of hydrogen-bond acceptors (Lipinski definition) is 1. The quantitative estimate of drug-likeness (QED) is 0.147. The van der Waals surface area contributed by atoms with Crippen LogP contribution in [0.5, 0.6) is 0 Å². The monoisotopic (exact) mass is 1100 g/mol. The van der Waals surface area contributed by atoms with Crippen LogP contribution in [0.1, 0.15) is 76.6 Å². The summed E-state index contributed by atoms with van der Waals surface area (Å²) in [6.07, 6.45) is 8.78. The van der Waals surface area contributed by atoms with Crippen LogP contribution in [0.2, 0.25) is 0 Å². The number of anilines is 3. The van der Waals surface area contributed by atoms with Crippen LogP contribution < -0.4 is 4.90 Å². The molecule has 0 saturated heterocycles. The minimum atomic E-state index is -0.593. The highest BCUT2D eigenvalue weighted by molar-refractivity contribution is 5.99. The minimum Gasteiger partial charge on any atom is -0.310 e. The third-order valence-corrected chi connectivity index (χ3v) is 21.6. The highest BCUT2D eigenvalue weighted by atomic mass is 15.1. The Morgan fingerprint density at radius 3 is 1.28 bits per heavy atom. The van der Waals surface area contributed by atoms with Crippen molar-refractivity contribution in [2.45, 2.75) is 55.8 Å². The molecule has 0 atom stereocenters. The van der Waals surface area contributed by atoms with E-state index in [1.54, 1.807) is 11.1 Å². The lowest BCUT2D eigenvalue weighted by atomic mass is 9.42. The lowest BCUT2D eigenvalue weighted by Crippen LogP contribution is -2.55. The number of aryl methyl sites for hydroxylation is 2. The molecule has 0 aromatic heterocycles. The van der Waals surface area contributed by atoms with Gasteiger partial charge in [0.15, 0.2) is 0 Å². The Balaban J connectivity index is 0.857. The Morgan fingerprint density at radius 2 is 0.686 bits per heavy atom. The van der Waals surface area contributed by atoms with E-state index >= 15 is 0 Å². The minimum absolute atomic E-state index is 0.0256. The zero-order valence-corrected chi connectivity index (χ0v) is 48.3. The molecule has 4 fully saturated rings. The fraction of sp³-hybridized carbons (Fsp3) is 0.153. The Morgan fingerprint density at radius 1 is 0.267 bits per heavy atom. The average Bonchev–Trinajstić information content (AvgIpc) is 1.50. The maximum absolute atomic E-state index is 2.56. The average molecular weight is 1100 g/mol. The van der Waals surface area contributed by atoms with E-state index in [1.807, 2.05) is 0 Å². The van der Waals surface area contributed by atoms with Crippen LogP contribution in [0.3, 0.4) is 0 Å². The molecule has 0 amide bonds. The molecule has 12 aromatic rings. The largest absolute Gasteiger partial charge is 0.310 e. The van der Waals surface area contributed by atoms with E-state index in [0.717, 1.165) is 41.7 Å². The van der Waals surface area contributed by atoms with Crippen LogP contribution in [-0.2, 0) is 23.7 Å². The van der Waals surface area contributed by atoms with Gasteiger partial charge in [-0.25, -0.2) is 0 Å². The molecule has 86 heavy (non-hydrogen) atoms. The zero-order valence-electron chi connectivity index (χ0n) is 48.3. The number of fused-ring (bicyclic) bond motifs is 12. The van der Waals surface area contributed by atoms with Gasteiger partial charge in [-0.1, -0.05) is 243 Å². The van der Waals surface area contributed by atoms with Gasteiger partial charge in [-0.15, -0.1) is 0 Å². The van der Waals surface area contributed by atoms with Crippen molar-refractivity contribution in [3.05, 3.63) is 330 Å². The standard InChI is InChI=1S/C85H65N/c1-4-19-57(20-5-1)60-41-43-67(44-42-60)86(82-34-17-14-29-73(82)69-25-10-11-26-70(69)74-30-18-31-75-71-27-12-15-32-77(71)84(83(74)75)65-48-55-47-56(50-65)51-66(84)49-55)68-45-46-79-76(54-68)72-28-13-16-33-78(72)85(79)80-52-63(58-21-6-2-7-22-58)39-37-61(80)35-36-62-38-40-64(53-81(62)85)59-23-8-3-9-24-59/h1-34,37-46,52-56,65-66H,35-36,47-51H2. The molecule has 0 heterocycles. The third kappa shape index (κ3) is 7.30. The number of rotatable bonds is 8. The lowest BCUT2D eigenvalue weighted by molar-refractivity contribution is -0.0397. The highest BCUT2D eigenvalue weighted by Gasteiger charge is 2.62. The van der Waals surface area contributed by atoms with Gasteiger partial charge >= 0.3 is 0 Å². The molecule has 7 aliphatic carbocycles. The van der Waals surface area contributed by atoms with Gasteiger partial charge in [0.1, 0.15) is 0 Å². The Kier molecular flexibility index (Phi) is 11.3. The fourth-order valence-electron chi connectivity index (χ4n) is 18.5. The summed E-state index contributed by atoms with van der Waals surface area (Å²) >= 11 is 0. The summed E-state index contributed by atoms with van der Waals surface area (Å²) in [5, 5.41) is 0. The van der Waals surface area contributed by atoms with Gasteiger partial charge < -0.3 is 4.90 Å². The summed E-state index contributed by atoms with van der Waals surface area (Å²) in [6.45, 7) is 0. The first-order valence-electron chi connectivity index (χ1n) is 31.6. The van der Waals surface area contributed by atoms with E-state index in [1.165, 1.54) is 143 Å². The van der Waals surface area contributed by atoms with Gasteiger partial charge in [0.2, 0.25) is 0 Å². The molecule has 4 bridgehead atoms. The van der Waals surface area contributed by atoms with Crippen molar-refractivity contribution >= 4 is 17.1 Å². The van der Waals surface area contributed by atoms with Crippen LogP contribution in [0.4, 0.5) is 17.1 Å². The first-order valence-corrected chi connectivity index (χ1v) is 31.6. The normalized spacial score (nSPS) is 20.1. The number of para-hydroxylation sites is 1. The topological polar surface area (TPSA) is 3.24 Å². The first-order chi connectivity index (χ1) is 42.6. The molecule has 4 saturated carbocycles. The summed E-state index contributed by atoms with van der Waals surface area (Å²) in [5.74, 6) is 3.07. The molecular formula is C85H65N. The SMILES string of the molecule is c1ccc(-c2ccc(N(c3ccc4c(c3)-c3ccccc3C43c4cc(-c5ccccc5)ccc4CCc4ccc(-c5ccccc5)cc43)c3ccccc3-c3ccccc3-c3cccc4c3C3(c5ccccc5-4)C4CC5CC(C4)CC3C5)cc2)cc1. The van der Waals surface area contributed by atoms with Crippen molar-refractivity contribution in [3.8, 4) is 77.9 Å². The highest BCUT2D eigenvalue weighted by Crippen LogP contribution is 2.71. The zero-order chi connectivity index (χ0) is 56.5. The van der Waals surface area contributed by atoms with Crippen molar-refractivity contribution in [2.75, 3.05) is 4.90 Å². The summed E-state index contributed by atoms with van der Waals surface area (Å²) < 4.78 is 0. The number of hydrogen-bond donors (Lipinski definition) is 0. The molecule has 0 N–H and O–H groups in total. The predicted molar refractivity (Wildman–Crippen MR) is 356 cm³/mol. The Bertz CT molecular complexity index is 4530. The van der Waals surface area contributed by atoms with Crippen LogP contribution in [0, 0.1) is 23.7 Å². The predicted octanol–water partition coefficient (Wildman–Crippen LogP) is 21.7. The van der Waals surface area contributed by atoms with E-state index in [4.69, 9.17) is 0 Å². The van der Waals surface area contributed by atoms with E-state index in [2.05, 4.69) is 290 Å². The number of benzene rings is 12. The van der Waals surface area contributed by atoms with Gasteiger partial charge in [0.25, 0.3) is 0 Å². The molecule has 0 unspecified atom stereocenters. The smallest absolute Gasteiger partial charge is 0.0719 e. The number of nitrogens with zero attached hydrogens (tertiary/aromatic N) is 1. The molecule has 12 aromatic carbocycles. The van der Waals surface area contributed by atoms with Crippen LogP contribution in [0.25, 0.3) is 77.9 Å². The van der Waals surface area contributed by atoms with Crippen LogP contribution >= 0.6 is 0 Å². The molecule has 1 heteroatoms. The van der Waals surface area contributed by atoms with E-state index in [9.17, 15) is 0 Å². The summed E-state index contributed by atoms with van der Waals surface area (Å²) in [6, 6.07) is 109. The second-order valence-electron chi connectivity index (χ2n) is 25.8. The van der Waals surface area contributed by atoms with Crippen molar-refractivity contribution in [3.63, 3.8) is 0 Å². The third-order valence-electron chi connectivity index (χ3n) is 21.6. The van der Waals surface area contributed by atoms with Crippen LogP contribution in [-0.4, -0.2) is 0 Å². The van der Waals surface area contributed by atoms with E-state index in [0.29, 0.717) is 11.8 Å². The second kappa shape index (κ2) is 19.5. The Labute approximate surface area is 506 Å². The summed E-state index contributed by atoms with van der Waals surface area (Å²) in [7, 11) is 0. The van der Waals surface area contributed by atoms with E-state index < -0.39 is 5.41 Å². The lowest BCUT2D eigenvalue weighted by Gasteiger charge is -2.61. The molecule has 410 valence electrons. The van der Waals surface area contributed by atoms with Crippen molar-refractivity contribution in [1.82, 2.24) is 0 Å². The van der Waals surface area contributed by atoms with Crippen molar-refractivity contribution in [1.29, 1.82) is 0 Å². The van der Waals surface area contributed by atoms with Crippen molar-refractivity contribution < 1.29 is 0 Å². The van der Waals surface area contributed by atoms with Crippen molar-refractivity contribution in [2.24, 2.45) is 23.7 Å².